The van der Waals surface area contributed by atoms with Crippen molar-refractivity contribution in [2.75, 3.05) is 5.32 Å². The third kappa shape index (κ3) is 4.12. The number of halogens is 4. The lowest BCUT2D eigenvalue weighted by Crippen LogP contribution is -2.06. The zero-order chi connectivity index (χ0) is 24.0. The number of rotatable bonds is 4. The average molecular weight is 483 g/mol. The SMILES string of the molecule is Cc1cc2c(cc1Nc1nc(-c3ccncc3)cs1)nc(-c1cc(F)cc(C(F)(F)F)c1)n2C. The molecule has 0 saturated heterocycles. The highest BCUT2D eigenvalue weighted by Crippen LogP contribution is 2.35. The van der Waals surface area contributed by atoms with Gasteiger partial charge in [-0.05, 0) is 55.0 Å². The van der Waals surface area contributed by atoms with Gasteiger partial charge in [-0.15, -0.1) is 11.3 Å². The second-order valence-electron chi connectivity index (χ2n) is 7.78. The molecule has 0 radical (unpaired) electrons. The second kappa shape index (κ2) is 8.21. The van der Waals surface area contributed by atoms with Crippen LogP contribution in [0.4, 0.5) is 28.4 Å². The van der Waals surface area contributed by atoms with E-state index in [0.29, 0.717) is 22.2 Å². The Balaban J connectivity index is 1.51. The Morgan fingerprint density at radius 3 is 2.47 bits per heavy atom. The van der Waals surface area contributed by atoms with E-state index in [1.54, 1.807) is 24.0 Å². The fraction of sp³-hybridized carbons (Fsp3) is 0.125. The summed E-state index contributed by atoms with van der Waals surface area (Å²) in [6.45, 7) is 1.91. The molecule has 0 aliphatic carbocycles. The van der Waals surface area contributed by atoms with Crippen molar-refractivity contribution in [1.29, 1.82) is 0 Å². The monoisotopic (exact) mass is 483 g/mol. The molecule has 0 fully saturated rings. The van der Waals surface area contributed by atoms with Gasteiger partial charge < -0.3 is 9.88 Å². The number of alkyl halides is 3. The summed E-state index contributed by atoms with van der Waals surface area (Å²) < 4.78 is 55.2. The zero-order valence-corrected chi connectivity index (χ0v) is 18.8. The first-order valence-corrected chi connectivity index (χ1v) is 11.1. The number of pyridine rings is 1. The lowest BCUT2D eigenvalue weighted by atomic mass is 10.1. The number of hydrogen-bond acceptors (Lipinski definition) is 5. The van der Waals surface area contributed by atoms with Gasteiger partial charge in [0.25, 0.3) is 0 Å². The van der Waals surface area contributed by atoms with Gasteiger partial charge in [-0.2, -0.15) is 13.2 Å². The predicted molar refractivity (Wildman–Crippen MR) is 124 cm³/mol. The first kappa shape index (κ1) is 22.0. The summed E-state index contributed by atoms with van der Waals surface area (Å²) in [5, 5.41) is 5.92. The summed E-state index contributed by atoms with van der Waals surface area (Å²) in [6.07, 6.45) is -1.25. The van der Waals surface area contributed by atoms with E-state index in [-0.39, 0.29) is 11.4 Å². The van der Waals surface area contributed by atoms with Crippen LogP contribution in [0, 0.1) is 12.7 Å². The number of fused-ring (bicyclic) bond motifs is 1. The van der Waals surface area contributed by atoms with Gasteiger partial charge in [0.1, 0.15) is 11.6 Å². The maximum Gasteiger partial charge on any atom is 0.416 e. The fourth-order valence-electron chi connectivity index (χ4n) is 3.72. The van der Waals surface area contributed by atoms with Gasteiger partial charge in [0.15, 0.2) is 5.13 Å². The van der Waals surface area contributed by atoms with Crippen LogP contribution >= 0.6 is 11.3 Å². The van der Waals surface area contributed by atoms with E-state index < -0.39 is 17.6 Å². The third-order valence-electron chi connectivity index (χ3n) is 5.43. The summed E-state index contributed by atoms with van der Waals surface area (Å²) in [7, 11) is 1.69. The van der Waals surface area contributed by atoms with Crippen LogP contribution in [0.1, 0.15) is 11.1 Å². The van der Waals surface area contributed by atoms with Crippen molar-refractivity contribution in [3.8, 4) is 22.6 Å². The molecule has 0 aliphatic heterocycles. The Morgan fingerprint density at radius 1 is 0.971 bits per heavy atom. The molecule has 172 valence electrons. The van der Waals surface area contributed by atoms with E-state index in [2.05, 4.69) is 20.3 Å². The molecule has 0 bridgehead atoms. The van der Waals surface area contributed by atoms with Crippen LogP contribution in [0.15, 0.2) is 60.2 Å². The number of hydrogen-bond donors (Lipinski definition) is 1. The Morgan fingerprint density at radius 2 is 1.74 bits per heavy atom. The van der Waals surface area contributed by atoms with Gasteiger partial charge in [0, 0.05) is 41.6 Å². The maximum atomic E-state index is 14.0. The highest BCUT2D eigenvalue weighted by atomic mass is 32.1. The molecule has 5 aromatic rings. The van der Waals surface area contributed by atoms with Gasteiger partial charge in [0.2, 0.25) is 0 Å². The van der Waals surface area contributed by atoms with E-state index in [0.717, 1.165) is 34.6 Å². The van der Waals surface area contributed by atoms with Crippen LogP contribution in [-0.4, -0.2) is 19.5 Å². The molecule has 3 heterocycles. The molecule has 5 rings (SSSR count). The number of imidazole rings is 1. The first-order valence-electron chi connectivity index (χ1n) is 10.2. The van der Waals surface area contributed by atoms with Crippen molar-refractivity contribution < 1.29 is 17.6 Å². The van der Waals surface area contributed by atoms with Crippen LogP contribution in [0.25, 0.3) is 33.7 Å². The first-order chi connectivity index (χ1) is 16.2. The Hall–Kier alpha value is -3.79. The Labute approximate surface area is 195 Å². The summed E-state index contributed by atoms with van der Waals surface area (Å²) in [4.78, 5) is 13.1. The zero-order valence-electron chi connectivity index (χ0n) is 18.0. The fourth-order valence-corrected chi connectivity index (χ4v) is 4.45. The smallest absolute Gasteiger partial charge is 0.331 e. The molecule has 0 saturated carbocycles. The lowest BCUT2D eigenvalue weighted by Gasteiger charge is -2.10. The number of aromatic nitrogens is 4. The molecule has 0 unspecified atom stereocenters. The molecule has 1 N–H and O–H groups in total. The van der Waals surface area contributed by atoms with Gasteiger partial charge in [-0.1, -0.05) is 0 Å². The van der Waals surface area contributed by atoms with Crippen LogP contribution in [0.5, 0.6) is 0 Å². The quantitative estimate of drug-likeness (QED) is 0.281. The topological polar surface area (TPSA) is 55.6 Å². The largest absolute Gasteiger partial charge is 0.416 e. The van der Waals surface area contributed by atoms with Crippen molar-refractivity contribution in [2.24, 2.45) is 7.05 Å². The summed E-state index contributed by atoms with van der Waals surface area (Å²) in [5.41, 5.74) is 3.72. The number of benzene rings is 2. The number of aryl methyl sites for hydroxylation is 2. The number of thiazole rings is 1. The van der Waals surface area contributed by atoms with Crippen LogP contribution in [0.2, 0.25) is 0 Å². The van der Waals surface area contributed by atoms with E-state index in [4.69, 9.17) is 0 Å². The molecular formula is C24H17F4N5S. The Bertz CT molecular complexity index is 1510. The maximum absolute atomic E-state index is 14.0. The van der Waals surface area contributed by atoms with Crippen molar-refractivity contribution in [3.05, 3.63) is 77.2 Å². The van der Waals surface area contributed by atoms with Crippen molar-refractivity contribution >= 4 is 33.2 Å². The molecule has 0 atom stereocenters. The van der Waals surface area contributed by atoms with Gasteiger partial charge in [-0.25, -0.2) is 14.4 Å². The molecule has 0 aliphatic rings. The lowest BCUT2D eigenvalue weighted by molar-refractivity contribution is -0.137. The standard InChI is InChI=1S/C24H17F4N5S/c1-13-7-21-19(11-18(13)31-23-32-20(12-34-23)14-3-5-29-6-4-14)30-22(33(21)2)15-8-16(24(26,27)28)10-17(25)9-15/h3-12H,1-2H3,(H,31,32). The number of nitrogens with zero attached hydrogens (tertiary/aromatic N) is 4. The highest BCUT2D eigenvalue weighted by Gasteiger charge is 2.32. The van der Waals surface area contributed by atoms with Crippen molar-refractivity contribution in [2.45, 2.75) is 13.1 Å². The molecule has 2 aromatic carbocycles. The number of anilines is 2. The molecular weight excluding hydrogens is 466 g/mol. The van der Waals surface area contributed by atoms with E-state index >= 15 is 0 Å². The number of nitrogens with one attached hydrogen (secondary N) is 1. The minimum Gasteiger partial charge on any atom is -0.331 e. The summed E-state index contributed by atoms with van der Waals surface area (Å²) >= 11 is 1.45. The third-order valence-corrected chi connectivity index (χ3v) is 6.19. The average Bonchev–Trinajstić information content (AvgIpc) is 3.39. The Kier molecular flexibility index (Phi) is 5.32. The molecule has 10 heteroatoms. The summed E-state index contributed by atoms with van der Waals surface area (Å²) in [6, 6.07) is 9.89. The summed E-state index contributed by atoms with van der Waals surface area (Å²) in [5.74, 6) is -0.727. The molecule has 5 nitrogen and oxygen atoms in total. The highest BCUT2D eigenvalue weighted by molar-refractivity contribution is 7.14. The second-order valence-corrected chi connectivity index (χ2v) is 8.63. The van der Waals surface area contributed by atoms with Crippen LogP contribution < -0.4 is 5.32 Å². The van der Waals surface area contributed by atoms with Gasteiger partial charge >= 0.3 is 6.18 Å². The normalized spacial score (nSPS) is 11.8. The molecule has 0 amide bonds. The van der Waals surface area contributed by atoms with Crippen molar-refractivity contribution in [1.82, 2.24) is 19.5 Å². The van der Waals surface area contributed by atoms with E-state index in [1.807, 2.05) is 36.6 Å². The van der Waals surface area contributed by atoms with E-state index in [9.17, 15) is 17.6 Å². The molecule has 3 aromatic heterocycles. The van der Waals surface area contributed by atoms with Crippen molar-refractivity contribution in [3.63, 3.8) is 0 Å². The van der Waals surface area contributed by atoms with Gasteiger partial charge in [0.05, 0.1) is 22.3 Å². The van der Waals surface area contributed by atoms with Crippen LogP contribution in [0.3, 0.4) is 0 Å². The minimum absolute atomic E-state index is 0.0557. The van der Waals surface area contributed by atoms with Crippen LogP contribution in [-0.2, 0) is 13.2 Å². The van der Waals surface area contributed by atoms with Gasteiger partial charge in [-0.3, -0.25) is 4.98 Å². The molecule has 34 heavy (non-hydrogen) atoms. The minimum atomic E-state index is -4.65. The molecule has 0 spiro atoms. The van der Waals surface area contributed by atoms with E-state index in [1.165, 1.54) is 11.3 Å². The predicted octanol–water partition coefficient (Wildman–Crippen LogP) is 6.97.